The number of carbonyl (C=O) groups excluding carboxylic acids is 5. The van der Waals surface area contributed by atoms with E-state index in [-0.39, 0.29) is 36.2 Å². The molecule has 0 aliphatic carbocycles. The standard InChI is InChI=1S/C43H60N4O7/c1-26(2)18-19-40(20-27(3)4)34(48)31(23-44-40)41(21-28(5)6)35(49)33(25-45-41)43(29(7)8)36(50)32(24-46-43)42(37(51)53-12,22-30-16-14-13-15-17-30)47-38(52)54-39(9,10)11/h13-18,23-25,27-29,31-33H,19-22H2,1-12H3,(H,47,52)/t31?,32?,33?,40-,41+,42+,43+/m1/s1. The third-order valence-corrected chi connectivity index (χ3v) is 10.8. The fraction of sp³-hybridized carbons (Fsp3) is 0.628. The van der Waals surface area contributed by atoms with Crippen LogP contribution in [0.15, 0.2) is 57.0 Å². The molecule has 54 heavy (non-hydrogen) atoms. The van der Waals surface area contributed by atoms with Crippen LogP contribution in [0.25, 0.3) is 0 Å². The van der Waals surface area contributed by atoms with Gasteiger partial charge < -0.3 is 14.8 Å². The fourth-order valence-electron chi connectivity index (χ4n) is 8.50. The van der Waals surface area contributed by atoms with E-state index >= 15 is 9.59 Å². The lowest BCUT2D eigenvalue weighted by Crippen LogP contribution is -2.66. The molecule has 0 radical (unpaired) electrons. The Kier molecular flexibility index (Phi) is 12.4. The summed E-state index contributed by atoms with van der Waals surface area (Å²) >= 11 is 0. The number of aliphatic imine (C=N–C) groups is 3. The average molecular weight is 745 g/mol. The van der Waals surface area contributed by atoms with Crippen molar-refractivity contribution in [3.05, 3.63) is 47.5 Å². The van der Waals surface area contributed by atoms with E-state index in [1.807, 2.05) is 39.8 Å². The maximum Gasteiger partial charge on any atom is 0.408 e. The van der Waals surface area contributed by atoms with Crippen molar-refractivity contribution in [2.24, 2.45) is 50.5 Å². The van der Waals surface area contributed by atoms with Crippen molar-refractivity contribution in [1.29, 1.82) is 0 Å². The van der Waals surface area contributed by atoms with E-state index in [9.17, 15) is 14.4 Å². The molecule has 0 saturated carbocycles. The van der Waals surface area contributed by atoms with Crippen molar-refractivity contribution in [1.82, 2.24) is 5.32 Å². The molecule has 11 nitrogen and oxygen atoms in total. The maximum absolute atomic E-state index is 15.3. The number of Topliss-reactive ketones (excluding diaryl/α,β-unsaturated/α-hetero) is 3. The second-order valence-electron chi connectivity index (χ2n) is 17.7. The molecule has 3 heterocycles. The van der Waals surface area contributed by atoms with Crippen LogP contribution >= 0.6 is 0 Å². The van der Waals surface area contributed by atoms with Crippen LogP contribution in [0.4, 0.5) is 4.79 Å². The number of hydrogen-bond acceptors (Lipinski definition) is 10. The zero-order valence-corrected chi connectivity index (χ0v) is 34.2. The molecule has 11 heteroatoms. The molecule has 1 aromatic carbocycles. The first-order chi connectivity index (χ1) is 25.1. The highest BCUT2D eigenvalue weighted by Crippen LogP contribution is 2.50. The third kappa shape index (κ3) is 7.91. The molecule has 0 spiro atoms. The molecule has 294 valence electrons. The molecule has 0 fully saturated rings. The highest BCUT2D eigenvalue weighted by Gasteiger charge is 2.68. The van der Waals surface area contributed by atoms with Gasteiger partial charge in [0.1, 0.15) is 22.2 Å². The summed E-state index contributed by atoms with van der Waals surface area (Å²) in [5.74, 6) is -5.79. The highest BCUT2D eigenvalue weighted by molar-refractivity contribution is 6.22. The van der Waals surface area contributed by atoms with Crippen LogP contribution in [0, 0.1) is 35.5 Å². The fourth-order valence-corrected chi connectivity index (χ4v) is 8.50. The van der Waals surface area contributed by atoms with Crippen LogP contribution in [0.2, 0.25) is 0 Å². The van der Waals surface area contributed by atoms with Gasteiger partial charge in [0.25, 0.3) is 0 Å². The topological polar surface area (TPSA) is 153 Å². The summed E-state index contributed by atoms with van der Waals surface area (Å²) in [6, 6.07) is 8.97. The third-order valence-electron chi connectivity index (χ3n) is 10.8. The molecule has 3 unspecified atom stereocenters. The second-order valence-corrected chi connectivity index (χ2v) is 17.7. The van der Waals surface area contributed by atoms with Crippen molar-refractivity contribution in [2.45, 2.75) is 130 Å². The Labute approximate surface area is 320 Å². The number of allylic oxidation sites excluding steroid dienone is 1. The molecule has 1 aromatic rings. The van der Waals surface area contributed by atoms with Gasteiger partial charge in [-0.3, -0.25) is 29.4 Å². The molecule has 0 saturated heterocycles. The van der Waals surface area contributed by atoms with Crippen molar-refractivity contribution in [3.63, 3.8) is 0 Å². The van der Waals surface area contributed by atoms with E-state index < -0.39 is 69.3 Å². The van der Waals surface area contributed by atoms with Gasteiger partial charge >= 0.3 is 12.1 Å². The number of benzene rings is 1. The highest BCUT2D eigenvalue weighted by atomic mass is 16.6. The van der Waals surface area contributed by atoms with Gasteiger partial charge in [-0.25, -0.2) is 9.59 Å². The van der Waals surface area contributed by atoms with Crippen molar-refractivity contribution in [3.8, 4) is 0 Å². The van der Waals surface area contributed by atoms with E-state index in [4.69, 9.17) is 24.5 Å². The first kappa shape index (κ1) is 42.5. The molecule has 0 bridgehead atoms. The number of hydrogen-bond donors (Lipinski definition) is 1. The number of esters is 1. The number of rotatable bonds is 14. The summed E-state index contributed by atoms with van der Waals surface area (Å²) in [6.07, 6.45) is 6.67. The molecular formula is C43H60N4O7. The Morgan fingerprint density at radius 3 is 1.98 bits per heavy atom. The van der Waals surface area contributed by atoms with E-state index in [1.165, 1.54) is 19.5 Å². The Bertz CT molecular complexity index is 1730. The predicted octanol–water partition coefficient (Wildman–Crippen LogP) is 6.80. The van der Waals surface area contributed by atoms with Crippen LogP contribution in [-0.4, -0.2) is 82.9 Å². The maximum atomic E-state index is 15.3. The number of alkyl carbamates (subject to hydrolysis) is 1. The number of methoxy groups -OCH3 is 1. The molecular weight excluding hydrogens is 684 g/mol. The monoisotopic (exact) mass is 744 g/mol. The minimum Gasteiger partial charge on any atom is -0.467 e. The van der Waals surface area contributed by atoms with Gasteiger partial charge in [0.15, 0.2) is 22.9 Å². The number of ketones is 3. The van der Waals surface area contributed by atoms with Gasteiger partial charge in [-0.05, 0) is 77.2 Å². The summed E-state index contributed by atoms with van der Waals surface area (Å²) in [7, 11) is 1.19. The number of amides is 1. The molecule has 1 amide bonds. The SMILES string of the molecule is COC(=O)[C@@](Cc1ccccc1)(NC(=O)OC(C)(C)C)C1C=N[C@@](C(C)C)(C2C=N[C@@](CC(C)C)(C3C=N[C@](CC=C(C)C)(CC(C)C)C3=O)C2=O)C1=O. The van der Waals surface area contributed by atoms with Gasteiger partial charge in [-0.1, -0.05) is 83.5 Å². The molecule has 4 rings (SSSR count). The first-order valence-corrected chi connectivity index (χ1v) is 19.2. The molecule has 1 N–H and O–H groups in total. The van der Waals surface area contributed by atoms with Crippen molar-refractivity contribution >= 4 is 48.1 Å². The number of ether oxygens (including phenoxy) is 2. The van der Waals surface area contributed by atoms with Crippen LogP contribution in [0.1, 0.15) is 101 Å². The Balaban J connectivity index is 1.83. The van der Waals surface area contributed by atoms with E-state index in [0.29, 0.717) is 18.4 Å². The van der Waals surface area contributed by atoms with Crippen LogP contribution in [-0.2, 0) is 35.1 Å². The van der Waals surface area contributed by atoms with Crippen molar-refractivity contribution in [2.75, 3.05) is 7.11 Å². The second kappa shape index (κ2) is 15.8. The molecule has 3 aliphatic rings. The first-order valence-electron chi connectivity index (χ1n) is 19.2. The number of carbonyl (C=O) groups is 5. The van der Waals surface area contributed by atoms with Gasteiger partial charge in [0.05, 0.1) is 24.9 Å². The number of nitrogens with zero attached hydrogens (tertiary/aromatic N) is 3. The zero-order chi connectivity index (χ0) is 40.4. The van der Waals surface area contributed by atoms with E-state index in [1.54, 1.807) is 65.1 Å². The minimum absolute atomic E-state index is 0.0367. The summed E-state index contributed by atoms with van der Waals surface area (Å²) in [5.41, 5.74) is -5.42. The van der Waals surface area contributed by atoms with Crippen LogP contribution in [0.5, 0.6) is 0 Å². The Hall–Kier alpha value is -4.28. The lowest BCUT2D eigenvalue weighted by Gasteiger charge is -2.40. The van der Waals surface area contributed by atoms with Gasteiger partial charge in [-0.2, -0.15) is 0 Å². The van der Waals surface area contributed by atoms with Crippen LogP contribution in [0.3, 0.4) is 0 Å². The number of nitrogens with one attached hydrogen (secondary N) is 1. The van der Waals surface area contributed by atoms with Gasteiger partial charge in [0.2, 0.25) is 0 Å². The smallest absolute Gasteiger partial charge is 0.408 e. The summed E-state index contributed by atoms with van der Waals surface area (Å²) in [5, 5.41) is 2.74. The zero-order valence-electron chi connectivity index (χ0n) is 34.2. The predicted molar refractivity (Wildman–Crippen MR) is 211 cm³/mol. The Morgan fingerprint density at radius 2 is 1.44 bits per heavy atom. The summed E-state index contributed by atoms with van der Waals surface area (Å²) < 4.78 is 10.9. The largest absolute Gasteiger partial charge is 0.467 e. The van der Waals surface area contributed by atoms with E-state index in [2.05, 4.69) is 19.2 Å². The summed E-state index contributed by atoms with van der Waals surface area (Å²) in [4.78, 5) is 87.4. The van der Waals surface area contributed by atoms with E-state index in [0.717, 1.165) is 5.57 Å². The summed E-state index contributed by atoms with van der Waals surface area (Å²) in [6.45, 7) is 20.7. The normalized spacial score (nSPS) is 29.0. The molecule has 7 atom stereocenters. The minimum atomic E-state index is -1.99. The van der Waals surface area contributed by atoms with Gasteiger partial charge in [0, 0.05) is 25.1 Å². The Morgan fingerprint density at radius 1 is 0.833 bits per heavy atom. The quantitative estimate of drug-likeness (QED) is 0.163. The van der Waals surface area contributed by atoms with Crippen molar-refractivity contribution < 1.29 is 33.4 Å². The molecule has 0 aromatic heterocycles. The molecule has 3 aliphatic heterocycles. The lowest BCUT2D eigenvalue weighted by molar-refractivity contribution is -0.153. The van der Waals surface area contributed by atoms with Gasteiger partial charge in [-0.15, -0.1) is 0 Å². The lowest BCUT2D eigenvalue weighted by atomic mass is 9.62. The average Bonchev–Trinajstić information content (AvgIpc) is 3.70. The van der Waals surface area contributed by atoms with Crippen LogP contribution < -0.4 is 5.32 Å².